The number of halogens is 6. The maximum Gasteiger partial charge on any atom is 0.380 e. The molecule has 4 heterocycles. The number of hydrogen-bond donors (Lipinski definition) is 0. The number of furan rings is 1. The second-order valence-corrected chi connectivity index (χ2v) is 21.2. The molecule has 0 atom stereocenters. The van der Waals surface area contributed by atoms with Crippen molar-refractivity contribution in [3.63, 3.8) is 0 Å². The fourth-order valence-electron chi connectivity index (χ4n) is 7.15. The molecule has 7 rings (SSSR count). The molecular formula is C47H44F6O5S3. The minimum atomic E-state index is -5.92. The fraction of sp³-hybridized carbons (Fsp3) is 0.362. The molecule has 0 amide bonds. The first-order valence-corrected chi connectivity index (χ1v) is 21.9. The molecule has 1 aliphatic carbocycles. The topological polar surface area (TPSA) is 65.7 Å². The van der Waals surface area contributed by atoms with Crippen molar-refractivity contribution in [2.45, 2.75) is 110 Å². The highest BCUT2D eigenvalue weighted by atomic mass is 32.1. The Kier molecular flexibility index (Phi) is 10.7. The summed E-state index contributed by atoms with van der Waals surface area (Å²) in [5.41, 5.74) is -3.04. The quantitative estimate of drug-likeness (QED) is 0.0907. The van der Waals surface area contributed by atoms with Crippen LogP contribution in [0.2, 0.25) is 0 Å². The summed E-state index contributed by atoms with van der Waals surface area (Å²) < 4.78 is 118. The Morgan fingerprint density at radius 2 is 1.10 bits per heavy atom. The lowest BCUT2D eigenvalue weighted by Crippen LogP contribution is -2.48. The molecule has 0 spiro atoms. The number of thiophene rings is 3. The molecule has 5 nitrogen and oxygen atoms in total. The van der Waals surface area contributed by atoms with Gasteiger partial charge in [-0.15, -0.1) is 34.0 Å². The van der Waals surface area contributed by atoms with Gasteiger partial charge < -0.3 is 13.9 Å². The molecule has 322 valence electrons. The van der Waals surface area contributed by atoms with E-state index in [2.05, 4.69) is 0 Å². The zero-order chi connectivity index (χ0) is 45.0. The lowest BCUT2D eigenvalue weighted by molar-refractivity contribution is -0.254. The molecule has 2 aromatic carbocycles. The van der Waals surface area contributed by atoms with Gasteiger partial charge in [-0.3, -0.25) is 9.59 Å². The van der Waals surface area contributed by atoms with Crippen LogP contribution in [0.3, 0.4) is 0 Å². The zero-order valence-corrected chi connectivity index (χ0v) is 37.8. The van der Waals surface area contributed by atoms with Crippen molar-refractivity contribution in [2.75, 3.05) is 0 Å². The second-order valence-electron chi connectivity index (χ2n) is 18.3. The molecule has 0 aliphatic heterocycles. The molecule has 0 saturated carbocycles. The highest BCUT2D eigenvalue weighted by molar-refractivity contribution is 7.26. The second kappa shape index (κ2) is 14.7. The van der Waals surface area contributed by atoms with Gasteiger partial charge in [-0.25, -0.2) is 0 Å². The summed E-state index contributed by atoms with van der Waals surface area (Å²) in [4.78, 5) is 26.0. The number of allylic oxidation sites excluding steroid dienone is 2. The van der Waals surface area contributed by atoms with Crippen LogP contribution in [0.4, 0.5) is 26.3 Å². The van der Waals surface area contributed by atoms with E-state index in [-0.39, 0.29) is 43.4 Å². The van der Waals surface area contributed by atoms with E-state index in [4.69, 9.17) is 13.9 Å². The molecule has 4 aromatic heterocycles. The molecular weight excluding hydrogens is 855 g/mol. The van der Waals surface area contributed by atoms with Crippen LogP contribution in [0.25, 0.3) is 52.9 Å². The fourth-order valence-corrected chi connectivity index (χ4v) is 10.8. The largest absolute Gasteiger partial charge is 0.455 e. The van der Waals surface area contributed by atoms with Crippen LogP contribution in [-0.2, 0) is 25.8 Å². The van der Waals surface area contributed by atoms with Gasteiger partial charge in [0.1, 0.15) is 11.3 Å². The Hall–Kier alpha value is -4.66. The summed E-state index contributed by atoms with van der Waals surface area (Å²) in [5.74, 6) is -19.8. The van der Waals surface area contributed by atoms with Gasteiger partial charge in [0.25, 0.3) is 0 Å². The third-order valence-corrected chi connectivity index (χ3v) is 14.0. The first kappa shape index (κ1) is 44.4. The number of carbonyl (C=O) groups excluding carboxylic acids is 2. The summed E-state index contributed by atoms with van der Waals surface area (Å²) in [6.45, 7) is 19.9. The van der Waals surface area contributed by atoms with E-state index < -0.39 is 63.5 Å². The predicted octanol–water partition coefficient (Wildman–Crippen LogP) is 15.2. The Morgan fingerprint density at radius 3 is 1.61 bits per heavy atom. The van der Waals surface area contributed by atoms with E-state index in [1.807, 2.05) is 79.1 Å². The number of rotatable bonds is 7. The molecule has 0 N–H and O–H groups in total. The van der Waals surface area contributed by atoms with Crippen molar-refractivity contribution in [3.8, 4) is 42.3 Å². The zero-order valence-electron chi connectivity index (χ0n) is 35.4. The monoisotopic (exact) mass is 898 g/mol. The van der Waals surface area contributed by atoms with E-state index in [0.29, 0.717) is 14.6 Å². The van der Waals surface area contributed by atoms with Gasteiger partial charge in [0, 0.05) is 67.8 Å². The molecule has 0 unspecified atom stereocenters. The summed E-state index contributed by atoms with van der Waals surface area (Å²) >= 11 is 3.60. The van der Waals surface area contributed by atoms with Crippen LogP contribution in [0.1, 0.15) is 104 Å². The molecule has 1 aliphatic rings. The van der Waals surface area contributed by atoms with Gasteiger partial charge in [-0.2, -0.15) is 26.3 Å². The van der Waals surface area contributed by atoms with Gasteiger partial charge in [0.2, 0.25) is 0 Å². The number of ether oxygens (including phenoxy) is 2. The van der Waals surface area contributed by atoms with E-state index >= 15 is 26.3 Å². The highest BCUT2D eigenvalue weighted by Gasteiger charge is 2.81. The van der Waals surface area contributed by atoms with Crippen molar-refractivity contribution < 1.29 is 49.8 Å². The molecule has 14 heteroatoms. The molecule has 61 heavy (non-hydrogen) atoms. The van der Waals surface area contributed by atoms with Crippen LogP contribution in [-0.4, -0.2) is 29.7 Å². The van der Waals surface area contributed by atoms with Crippen LogP contribution >= 0.6 is 34.0 Å². The van der Waals surface area contributed by atoms with Crippen molar-refractivity contribution in [2.24, 2.45) is 0 Å². The SMILES string of the molecule is CC(=O)Oc1cc2oc(-c3ccc(C(C)(C)C)cc3)c(C3=C(c4cc(-c5cc(C(C)(C)C)cs5)sc4-c4cc(C(C)(C)C)cs4)C(F)(F)C(F)(F)C3(F)F)c2cc1OC(C)=O. The van der Waals surface area contributed by atoms with Crippen molar-refractivity contribution in [3.05, 3.63) is 93.2 Å². The summed E-state index contributed by atoms with van der Waals surface area (Å²) in [5, 5.41) is 3.40. The normalized spacial score (nSPS) is 16.4. The number of esters is 2. The van der Waals surface area contributed by atoms with Crippen LogP contribution in [0, 0.1) is 0 Å². The number of benzene rings is 2. The van der Waals surface area contributed by atoms with Crippen LogP contribution in [0.15, 0.2) is 69.8 Å². The van der Waals surface area contributed by atoms with Crippen LogP contribution < -0.4 is 9.47 Å². The van der Waals surface area contributed by atoms with E-state index in [9.17, 15) is 9.59 Å². The molecule has 0 saturated heterocycles. The number of hydrogen-bond acceptors (Lipinski definition) is 8. The average molecular weight is 899 g/mol. The first-order valence-electron chi connectivity index (χ1n) is 19.3. The Morgan fingerprint density at radius 1 is 0.607 bits per heavy atom. The lowest BCUT2D eigenvalue weighted by atomic mass is 9.86. The Balaban J connectivity index is 1.64. The maximum absolute atomic E-state index is 17.1. The highest BCUT2D eigenvalue weighted by Crippen LogP contribution is 2.68. The van der Waals surface area contributed by atoms with E-state index in [1.54, 1.807) is 18.2 Å². The Bertz CT molecular complexity index is 2740. The third-order valence-electron chi connectivity index (χ3n) is 10.6. The minimum Gasteiger partial charge on any atom is -0.455 e. The molecule has 0 radical (unpaired) electrons. The van der Waals surface area contributed by atoms with Crippen molar-refractivity contribution in [1.29, 1.82) is 0 Å². The average Bonchev–Trinajstić information content (AvgIpc) is 3.95. The lowest BCUT2D eigenvalue weighted by Gasteiger charge is -2.26. The smallest absolute Gasteiger partial charge is 0.380 e. The number of carbonyl (C=O) groups is 2. The molecule has 6 aromatic rings. The first-order chi connectivity index (χ1) is 28.0. The molecule has 0 fully saturated rings. The van der Waals surface area contributed by atoms with Gasteiger partial charge in [0.05, 0.1) is 4.88 Å². The maximum atomic E-state index is 17.1. The van der Waals surface area contributed by atoms with Gasteiger partial charge in [0.15, 0.2) is 11.5 Å². The summed E-state index contributed by atoms with van der Waals surface area (Å²) in [7, 11) is 0. The van der Waals surface area contributed by atoms with Gasteiger partial charge >= 0.3 is 29.7 Å². The Labute approximate surface area is 362 Å². The number of fused-ring (bicyclic) bond motifs is 1. The standard InChI is InChI=1S/C47H44F6O5S3/c1-23(54)56-32-18-29-31(20-33(32)57-24(2)55)58-40(25-12-14-26(15-13-25)42(3,4)5)37(29)39-38(45(48,49)47(52,53)46(39,50)51)30-19-35(34-16-27(21-59-34)43(6,7)8)61-41(30)36-17-28(22-60-36)44(9,10)11/h12-22H,1-11H3. The van der Waals surface area contributed by atoms with Crippen molar-refractivity contribution in [1.82, 2.24) is 0 Å². The predicted molar refractivity (Wildman–Crippen MR) is 233 cm³/mol. The van der Waals surface area contributed by atoms with Crippen molar-refractivity contribution >= 4 is 68.1 Å². The number of alkyl halides is 6. The van der Waals surface area contributed by atoms with Gasteiger partial charge in [-0.1, -0.05) is 86.6 Å². The summed E-state index contributed by atoms with van der Waals surface area (Å²) in [6.07, 6.45) is 0. The van der Waals surface area contributed by atoms with E-state index in [1.165, 1.54) is 40.9 Å². The minimum absolute atomic E-state index is 0.107. The third kappa shape index (κ3) is 7.66. The van der Waals surface area contributed by atoms with E-state index in [0.717, 1.165) is 54.0 Å². The molecule has 0 bridgehead atoms. The summed E-state index contributed by atoms with van der Waals surface area (Å²) in [6, 6.07) is 13.5. The van der Waals surface area contributed by atoms with Crippen LogP contribution in [0.5, 0.6) is 11.5 Å². The van der Waals surface area contributed by atoms with Gasteiger partial charge in [-0.05, 0) is 68.0 Å².